The molecule has 0 heterocycles. The van der Waals surface area contributed by atoms with Gasteiger partial charge >= 0.3 is 0 Å². The van der Waals surface area contributed by atoms with E-state index in [9.17, 15) is 0 Å². The van der Waals surface area contributed by atoms with Crippen LogP contribution in [-0.4, -0.2) is 11.0 Å². The molecule has 0 amide bonds. The number of rotatable bonds is 1. The topological polar surface area (TPSA) is 42.5 Å². The molecule has 2 nitrogen and oxygen atoms in total. The molecule has 1 aromatic carbocycles. The standard InChI is InChI=1S/C8H6NO/c9-6-5-7-1-3-8(10)4-2-7/h1-5,10H/q-1. The Balaban J connectivity index is 3.00. The lowest BCUT2D eigenvalue weighted by atomic mass is 10.2. The number of hydrogen-bond acceptors (Lipinski definition) is 1. The average Bonchev–Trinajstić information content (AvgIpc) is 1.95. The SMILES string of the molecule is [N-]=C=Cc1ccc(O)cc1. The molecule has 1 N–H and O–H groups in total. The highest BCUT2D eigenvalue weighted by Crippen LogP contribution is 2.09. The van der Waals surface area contributed by atoms with E-state index < -0.39 is 0 Å². The van der Waals surface area contributed by atoms with Gasteiger partial charge in [-0.15, -0.1) is 0 Å². The second kappa shape index (κ2) is 2.85. The molecule has 2 heteroatoms. The van der Waals surface area contributed by atoms with Crippen molar-refractivity contribution >= 4 is 11.9 Å². The Kier molecular flexibility index (Phi) is 1.88. The van der Waals surface area contributed by atoms with Crippen LogP contribution < -0.4 is 0 Å². The van der Waals surface area contributed by atoms with Crippen molar-refractivity contribution in [2.24, 2.45) is 0 Å². The average molecular weight is 132 g/mol. The normalized spacial score (nSPS) is 8.40. The van der Waals surface area contributed by atoms with Crippen molar-refractivity contribution in [2.45, 2.75) is 0 Å². The summed E-state index contributed by atoms with van der Waals surface area (Å²) in [4.78, 5) is 0. The van der Waals surface area contributed by atoms with Gasteiger partial charge in [-0.3, -0.25) is 5.87 Å². The minimum atomic E-state index is 0.218. The highest BCUT2D eigenvalue weighted by molar-refractivity contribution is 5.79. The molecule has 10 heavy (non-hydrogen) atoms. The first kappa shape index (κ1) is 6.59. The van der Waals surface area contributed by atoms with Crippen LogP contribution in [0.1, 0.15) is 5.56 Å². The highest BCUT2D eigenvalue weighted by atomic mass is 16.3. The van der Waals surface area contributed by atoms with Crippen molar-refractivity contribution in [1.29, 1.82) is 0 Å². The minimum absolute atomic E-state index is 0.218. The van der Waals surface area contributed by atoms with E-state index >= 15 is 0 Å². The van der Waals surface area contributed by atoms with Crippen molar-refractivity contribution in [3.05, 3.63) is 35.2 Å². The summed E-state index contributed by atoms with van der Waals surface area (Å²) in [5.74, 6) is 2.11. The van der Waals surface area contributed by atoms with Crippen LogP contribution in [0.5, 0.6) is 5.75 Å². The van der Waals surface area contributed by atoms with E-state index in [2.05, 4.69) is 0 Å². The molecular formula is C8H6NO-. The summed E-state index contributed by atoms with van der Waals surface area (Å²) in [6.07, 6.45) is 1.42. The molecule has 0 atom stereocenters. The maximum Gasteiger partial charge on any atom is 0.115 e. The van der Waals surface area contributed by atoms with Crippen LogP contribution in [0.3, 0.4) is 0 Å². The largest absolute Gasteiger partial charge is 0.763 e. The van der Waals surface area contributed by atoms with Gasteiger partial charge in [0.25, 0.3) is 0 Å². The zero-order valence-corrected chi connectivity index (χ0v) is 5.28. The summed E-state index contributed by atoms with van der Waals surface area (Å²) in [6, 6.07) is 6.45. The van der Waals surface area contributed by atoms with Crippen LogP contribution in [0.25, 0.3) is 11.5 Å². The van der Waals surface area contributed by atoms with Crippen molar-refractivity contribution < 1.29 is 5.11 Å². The molecule has 0 fully saturated rings. The summed E-state index contributed by atoms with van der Waals surface area (Å²) in [5.41, 5.74) is 0.806. The first-order valence-electron chi connectivity index (χ1n) is 2.85. The maximum absolute atomic E-state index is 8.83. The predicted molar refractivity (Wildman–Crippen MR) is 40.9 cm³/mol. The lowest BCUT2D eigenvalue weighted by molar-refractivity contribution is 0.475. The number of benzene rings is 1. The van der Waals surface area contributed by atoms with Gasteiger partial charge in [-0.05, 0) is 23.8 Å². The van der Waals surface area contributed by atoms with Gasteiger partial charge in [0.1, 0.15) is 5.75 Å². The van der Waals surface area contributed by atoms with Crippen LogP contribution in [0.2, 0.25) is 0 Å². The van der Waals surface area contributed by atoms with Gasteiger partial charge in [-0.1, -0.05) is 12.1 Å². The first-order chi connectivity index (χ1) is 4.83. The molecule has 0 spiro atoms. The molecule has 1 aromatic rings. The van der Waals surface area contributed by atoms with Gasteiger partial charge in [-0.25, -0.2) is 0 Å². The zero-order chi connectivity index (χ0) is 7.40. The zero-order valence-electron chi connectivity index (χ0n) is 5.28. The van der Waals surface area contributed by atoms with Crippen LogP contribution in [-0.2, 0) is 0 Å². The van der Waals surface area contributed by atoms with E-state index in [0.29, 0.717) is 0 Å². The van der Waals surface area contributed by atoms with E-state index in [1.807, 2.05) is 5.87 Å². The Morgan fingerprint density at radius 3 is 2.40 bits per heavy atom. The third-order valence-electron chi connectivity index (χ3n) is 1.12. The fourth-order valence-electron chi connectivity index (χ4n) is 0.645. The Labute approximate surface area is 59.0 Å². The molecule has 0 unspecified atom stereocenters. The summed E-state index contributed by atoms with van der Waals surface area (Å²) >= 11 is 0. The Hall–Kier alpha value is -1.53. The van der Waals surface area contributed by atoms with Crippen molar-refractivity contribution in [3.8, 4) is 5.75 Å². The summed E-state index contributed by atoms with van der Waals surface area (Å²) in [7, 11) is 0. The lowest BCUT2D eigenvalue weighted by Crippen LogP contribution is -1.68. The second-order valence-electron chi connectivity index (χ2n) is 1.86. The Morgan fingerprint density at radius 2 is 1.90 bits per heavy atom. The molecule has 0 radical (unpaired) electrons. The van der Waals surface area contributed by atoms with Crippen molar-refractivity contribution in [2.75, 3.05) is 0 Å². The van der Waals surface area contributed by atoms with Gasteiger partial charge < -0.3 is 10.5 Å². The molecule has 50 valence electrons. The molecular weight excluding hydrogens is 126 g/mol. The molecule has 0 aliphatic rings. The van der Waals surface area contributed by atoms with Crippen LogP contribution in [0.15, 0.2) is 24.3 Å². The van der Waals surface area contributed by atoms with Gasteiger partial charge in [-0.2, -0.15) is 0 Å². The fraction of sp³-hybridized carbons (Fsp3) is 0. The summed E-state index contributed by atoms with van der Waals surface area (Å²) in [6.45, 7) is 0. The van der Waals surface area contributed by atoms with Crippen LogP contribution in [0, 0.1) is 0 Å². The van der Waals surface area contributed by atoms with E-state index in [1.165, 1.54) is 6.08 Å². The fourth-order valence-corrected chi connectivity index (χ4v) is 0.645. The van der Waals surface area contributed by atoms with Gasteiger partial charge in [0.15, 0.2) is 0 Å². The van der Waals surface area contributed by atoms with E-state index in [1.54, 1.807) is 24.3 Å². The van der Waals surface area contributed by atoms with E-state index in [-0.39, 0.29) is 5.75 Å². The van der Waals surface area contributed by atoms with E-state index in [0.717, 1.165) is 5.56 Å². The number of hydrogen-bond donors (Lipinski definition) is 1. The van der Waals surface area contributed by atoms with Crippen LogP contribution in [0.4, 0.5) is 0 Å². The molecule has 0 aliphatic heterocycles. The molecule has 0 bridgehead atoms. The van der Waals surface area contributed by atoms with Crippen LogP contribution >= 0.6 is 0 Å². The number of nitrogens with zero attached hydrogens (tertiary/aromatic N) is 1. The second-order valence-corrected chi connectivity index (χ2v) is 1.86. The number of aromatic hydroxyl groups is 1. The summed E-state index contributed by atoms with van der Waals surface area (Å²) in [5, 5.41) is 17.0. The molecule has 0 aromatic heterocycles. The quantitative estimate of drug-likeness (QED) is 0.580. The number of phenols is 1. The first-order valence-corrected chi connectivity index (χ1v) is 2.85. The molecule has 0 saturated carbocycles. The highest BCUT2D eigenvalue weighted by Gasteiger charge is 1.84. The Morgan fingerprint density at radius 1 is 1.30 bits per heavy atom. The van der Waals surface area contributed by atoms with E-state index in [4.69, 9.17) is 10.5 Å². The molecule has 1 rings (SSSR count). The lowest BCUT2D eigenvalue weighted by Gasteiger charge is -1.91. The molecule has 0 aliphatic carbocycles. The van der Waals surface area contributed by atoms with Gasteiger partial charge in [0.2, 0.25) is 0 Å². The number of phenolic OH excluding ortho intramolecular Hbond substituents is 1. The smallest absolute Gasteiger partial charge is 0.115 e. The Bertz CT molecular complexity index is 257. The minimum Gasteiger partial charge on any atom is -0.763 e. The maximum atomic E-state index is 8.83. The van der Waals surface area contributed by atoms with Crippen molar-refractivity contribution in [1.82, 2.24) is 0 Å². The van der Waals surface area contributed by atoms with Crippen molar-refractivity contribution in [3.63, 3.8) is 0 Å². The summed E-state index contributed by atoms with van der Waals surface area (Å²) < 4.78 is 0. The van der Waals surface area contributed by atoms with Gasteiger partial charge in [0.05, 0.1) is 0 Å². The third kappa shape index (κ3) is 1.47. The predicted octanol–water partition coefficient (Wildman–Crippen LogP) is 1.64. The third-order valence-corrected chi connectivity index (χ3v) is 1.12. The monoisotopic (exact) mass is 132 g/mol. The molecule has 0 saturated heterocycles. The van der Waals surface area contributed by atoms with Gasteiger partial charge in [0, 0.05) is 0 Å².